The third-order valence-corrected chi connectivity index (χ3v) is 1.95. The van der Waals surface area contributed by atoms with Gasteiger partial charge in [0, 0.05) is 17.0 Å². The highest BCUT2D eigenvalue weighted by atomic mass is 16.5. The van der Waals surface area contributed by atoms with Gasteiger partial charge in [-0.2, -0.15) is 5.26 Å². The molecule has 1 rings (SSSR count). The minimum absolute atomic E-state index is 0.211. The van der Waals surface area contributed by atoms with Crippen molar-refractivity contribution in [2.24, 2.45) is 0 Å². The zero-order valence-electron chi connectivity index (χ0n) is 9.19. The molecule has 0 radical (unpaired) electrons. The molecule has 0 spiro atoms. The average Bonchev–Trinajstić information content (AvgIpc) is 2.36. The van der Waals surface area contributed by atoms with Crippen molar-refractivity contribution in [1.82, 2.24) is 0 Å². The Morgan fingerprint density at radius 3 is 2.71 bits per heavy atom. The Kier molecular flexibility index (Phi) is 4.47. The molecule has 17 heavy (non-hydrogen) atoms. The molecule has 0 amide bonds. The molecule has 0 N–H and O–H groups in total. The van der Waals surface area contributed by atoms with Crippen LogP contribution in [-0.4, -0.2) is 18.9 Å². The summed E-state index contributed by atoms with van der Waals surface area (Å²) in [6.07, 6.45) is -0.211. The van der Waals surface area contributed by atoms with Crippen LogP contribution in [0.25, 0.3) is 0 Å². The number of methoxy groups -OCH3 is 1. The lowest BCUT2D eigenvalue weighted by Gasteiger charge is -1.99. The lowest BCUT2D eigenvalue weighted by molar-refractivity contribution is -0.133. The lowest BCUT2D eigenvalue weighted by Crippen LogP contribution is -2.01. The van der Waals surface area contributed by atoms with Gasteiger partial charge in [-0.25, -0.2) is 4.79 Å². The maximum absolute atomic E-state index is 11.6. The van der Waals surface area contributed by atoms with E-state index in [0.717, 1.165) is 0 Å². The summed E-state index contributed by atoms with van der Waals surface area (Å²) in [5, 5.41) is 8.46. The summed E-state index contributed by atoms with van der Waals surface area (Å²) < 4.78 is 4.37. The van der Waals surface area contributed by atoms with Crippen LogP contribution in [0.3, 0.4) is 0 Å². The number of ketones is 1. The van der Waals surface area contributed by atoms with E-state index in [4.69, 9.17) is 5.26 Å². The first-order valence-electron chi connectivity index (χ1n) is 4.78. The highest BCUT2D eigenvalue weighted by Crippen LogP contribution is 2.09. The number of benzene rings is 1. The zero-order valence-corrected chi connectivity index (χ0v) is 9.19. The third-order valence-electron chi connectivity index (χ3n) is 1.95. The number of esters is 1. The first-order chi connectivity index (χ1) is 8.19. The quantitative estimate of drug-likeness (QED) is 0.434. The van der Waals surface area contributed by atoms with Gasteiger partial charge in [0.05, 0.1) is 19.6 Å². The summed E-state index contributed by atoms with van der Waals surface area (Å²) >= 11 is 0. The summed E-state index contributed by atoms with van der Waals surface area (Å²) in [7, 11) is 1.23. The Hall–Kier alpha value is -2.59. The molecular formula is C13H9NO3. The fourth-order valence-corrected chi connectivity index (χ4v) is 1.17. The van der Waals surface area contributed by atoms with E-state index < -0.39 is 5.97 Å². The number of Topliss-reactive ketones (excluding diaryl/α,β-unsaturated/α-hetero) is 1. The van der Waals surface area contributed by atoms with Crippen molar-refractivity contribution in [3.63, 3.8) is 0 Å². The number of rotatable bonds is 2. The smallest absolute Gasteiger partial charge is 0.384 e. The molecule has 0 heterocycles. The number of nitriles is 1. The largest absolute Gasteiger partial charge is 0.459 e. The second-order valence-corrected chi connectivity index (χ2v) is 3.05. The Labute approximate surface area is 98.8 Å². The molecule has 0 atom stereocenters. The van der Waals surface area contributed by atoms with Gasteiger partial charge in [-0.1, -0.05) is 24.1 Å². The molecule has 0 aliphatic carbocycles. The fourth-order valence-electron chi connectivity index (χ4n) is 1.17. The standard InChI is InChI=1S/C13H9NO3/c1-17-13(16)7-6-10-4-2-3-5-11(10)12(15)8-9-14/h2-5H,8H2,1H3. The van der Waals surface area contributed by atoms with Crippen molar-refractivity contribution >= 4 is 11.8 Å². The van der Waals surface area contributed by atoms with Crippen LogP contribution in [0.5, 0.6) is 0 Å². The van der Waals surface area contributed by atoms with Crippen molar-refractivity contribution in [2.45, 2.75) is 6.42 Å². The third kappa shape index (κ3) is 3.48. The molecule has 0 aliphatic rings. The molecule has 0 saturated heterocycles. The van der Waals surface area contributed by atoms with E-state index in [-0.39, 0.29) is 12.2 Å². The topological polar surface area (TPSA) is 67.2 Å². The van der Waals surface area contributed by atoms with Crippen molar-refractivity contribution < 1.29 is 14.3 Å². The molecule has 0 aliphatic heterocycles. The predicted octanol–water partition coefficient (Wildman–Crippen LogP) is 1.31. The van der Waals surface area contributed by atoms with Crippen LogP contribution in [0.4, 0.5) is 0 Å². The monoisotopic (exact) mass is 227 g/mol. The normalized spacial score (nSPS) is 8.47. The van der Waals surface area contributed by atoms with Crippen LogP contribution in [0.1, 0.15) is 22.3 Å². The Morgan fingerprint density at radius 2 is 2.06 bits per heavy atom. The molecule has 1 aromatic rings. The van der Waals surface area contributed by atoms with E-state index in [1.165, 1.54) is 7.11 Å². The number of ether oxygens (including phenoxy) is 1. The Morgan fingerprint density at radius 1 is 1.35 bits per heavy atom. The predicted molar refractivity (Wildman–Crippen MR) is 59.9 cm³/mol. The van der Waals surface area contributed by atoms with E-state index in [2.05, 4.69) is 16.6 Å². The molecule has 84 valence electrons. The molecule has 0 aromatic heterocycles. The van der Waals surface area contributed by atoms with Gasteiger partial charge in [0.1, 0.15) is 0 Å². The number of hydrogen-bond donors (Lipinski definition) is 0. The molecule has 0 fully saturated rings. The summed E-state index contributed by atoms with van der Waals surface area (Å²) in [6, 6.07) is 8.34. The zero-order chi connectivity index (χ0) is 12.7. The Bertz CT molecular complexity index is 544. The maximum Gasteiger partial charge on any atom is 0.384 e. The molecule has 1 aromatic carbocycles. The van der Waals surface area contributed by atoms with Gasteiger partial charge in [0.2, 0.25) is 0 Å². The minimum Gasteiger partial charge on any atom is -0.459 e. The molecule has 0 unspecified atom stereocenters. The van der Waals surface area contributed by atoms with E-state index in [1.54, 1.807) is 30.3 Å². The second-order valence-electron chi connectivity index (χ2n) is 3.05. The van der Waals surface area contributed by atoms with Crippen molar-refractivity contribution in [1.29, 1.82) is 5.26 Å². The van der Waals surface area contributed by atoms with Gasteiger partial charge >= 0.3 is 5.97 Å². The molecular weight excluding hydrogens is 218 g/mol. The first kappa shape index (κ1) is 12.5. The second kappa shape index (κ2) is 6.09. The van der Waals surface area contributed by atoms with E-state index in [9.17, 15) is 9.59 Å². The summed E-state index contributed by atoms with van der Waals surface area (Å²) in [4.78, 5) is 22.4. The van der Waals surface area contributed by atoms with Crippen molar-refractivity contribution in [2.75, 3.05) is 7.11 Å². The van der Waals surface area contributed by atoms with Crippen LogP contribution in [0.15, 0.2) is 24.3 Å². The van der Waals surface area contributed by atoms with Gasteiger partial charge < -0.3 is 4.74 Å². The lowest BCUT2D eigenvalue weighted by atomic mass is 10.0. The van der Waals surface area contributed by atoms with E-state index >= 15 is 0 Å². The number of carbonyl (C=O) groups excluding carboxylic acids is 2. The fraction of sp³-hybridized carbons (Fsp3) is 0.154. The van der Waals surface area contributed by atoms with Crippen LogP contribution < -0.4 is 0 Å². The van der Waals surface area contributed by atoms with Crippen molar-refractivity contribution in [3.8, 4) is 17.9 Å². The molecule has 4 heteroatoms. The summed E-state index contributed by atoms with van der Waals surface area (Å²) in [5.74, 6) is 3.80. The summed E-state index contributed by atoms with van der Waals surface area (Å²) in [6.45, 7) is 0. The molecule has 0 bridgehead atoms. The number of carbonyl (C=O) groups is 2. The molecule has 0 saturated carbocycles. The average molecular weight is 227 g/mol. The van der Waals surface area contributed by atoms with Crippen LogP contribution in [0.2, 0.25) is 0 Å². The Balaban J connectivity index is 3.08. The van der Waals surface area contributed by atoms with E-state index in [0.29, 0.717) is 11.1 Å². The van der Waals surface area contributed by atoms with Gasteiger partial charge in [0.25, 0.3) is 0 Å². The SMILES string of the molecule is COC(=O)C#Cc1ccccc1C(=O)CC#N. The highest BCUT2D eigenvalue weighted by molar-refractivity contribution is 6.00. The minimum atomic E-state index is -0.674. The molecule has 4 nitrogen and oxygen atoms in total. The van der Waals surface area contributed by atoms with Gasteiger partial charge in [-0.15, -0.1) is 0 Å². The van der Waals surface area contributed by atoms with E-state index in [1.807, 2.05) is 0 Å². The van der Waals surface area contributed by atoms with Crippen molar-refractivity contribution in [3.05, 3.63) is 35.4 Å². The van der Waals surface area contributed by atoms with Crippen LogP contribution in [0, 0.1) is 23.2 Å². The van der Waals surface area contributed by atoms with Gasteiger partial charge in [-0.3, -0.25) is 4.79 Å². The maximum atomic E-state index is 11.6. The van der Waals surface area contributed by atoms with Gasteiger partial charge in [-0.05, 0) is 6.07 Å². The highest BCUT2D eigenvalue weighted by Gasteiger charge is 2.08. The van der Waals surface area contributed by atoms with Crippen LogP contribution >= 0.6 is 0 Å². The number of hydrogen-bond acceptors (Lipinski definition) is 4. The van der Waals surface area contributed by atoms with Crippen LogP contribution in [-0.2, 0) is 9.53 Å². The summed E-state index contributed by atoms with van der Waals surface area (Å²) in [5.41, 5.74) is 0.753. The van der Waals surface area contributed by atoms with Gasteiger partial charge in [0.15, 0.2) is 5.78 Å². The number of nitrogens with zero attached hydrogens (tertiary/aromatic N) is 1. The first-order valence-corrected chi connectivity index (χ1v) is 4.78.